The van der Waals surface area contributed by atoms with Crippen LogP contribution >= 0.6 is 11.3 Å². The van der Waals surface area contributed by atoms with Crippen LogP contribution in [0.15, 0.2) is 0 Å². The third-order valence-electron chi connectivity index (χ3n) is 2.89. The largest absolute Gasteiger partial charge is 0.480 e. The number of ether oxygens (including phenoxy) is 1. The van der Waals surface area contributed by atoms with E-state index in [1.54, 1.807) is 18.7 Å². The SMILES string of the molecule is Cc1nc(N)sc1C(=O)N1CC(C)(OCC(=O)O)C1. The van der Waals surface area contributed by atoms with Gasteiger partial charge in [0.05, 0.1) is 18.8 Å². The van der Waals surface area contributed by atoms with Crippen molar-refractivity contribution >= 4 is 28.3 Å². The van der Waals surface area contributed by atoms with Crippen molar-refractivity contribution in [2.24, 2.45) is 0 Å². The number of nitrogen functional groups attached to an aromatic ring is 1. The lowest BCUT2D eigenvalue weighted by atomic mass is 9.96. The highest BCUT2D eigenvalue weighted by molar-refractivity contribution is 7.17. The van der Waals surface area contributed by atoms with Crippen molar-refractivity contribution in [3.05, 3.63) is 10.6 Å². The maximum atomic E-state index is 12.2. The van der Waals surface area contributed by atoms with E-state index in [1.807, 2.05) is 0 Å². The number of amides is 1. The summed E-state index contributed by atoms with van der Waals surface area (Å²) in [4.78, 5) is 28.7. The molecule has 19 heavy (non-hydrogen) atoms. The fourth-order valence-corrected chi connectivity index (χ4v) is 2.79. The molecule has 1 amide bonds. The number of carboxylic acids is 1. The molecule has 1 saturated heterocycles. The molecule has 0 atom stereocenters. The van der Waals surface area contributed by atoms with Gasteiger partial charge in [-0.15, -0.1) is 0 Å². The van der Waals surface area contributed by atoms with Gasteiger partial charge < -0.3 is 20.5 Å². The minimum absolute atomic E-state index is 0.136. The molecule has 1 aliphatic heterocycles. The molecule has 0 aromatic carbocycles. The molecule has 0 saturated carbocycles. The average molecular weight is 285 g/mol. The van der Waals surface area contributed by atoms with Crippen LogP contribution in [0.2, 0.25) is 0 Å². The Labute approximate surface area is 114 Å². The maximum absolute atomic E-state index is 12.2. The van der Waals surface area contributed by atoms with Crippen LogP contribution in [-0.2, 0) is 9.53 Å². The van der Waals surface area contributed by atoms with Crippen LogP contribution in [0.3, 0.4) is 0 Å². The molecule has 2 rings (SSSR count). The summed E-state index contributed by atoms with van der Waals surface area (Å²) in [6.07, 6.45) is 0. The van der Waals surface area contributed by atoms with E-state index in [4.69, 9.17) is 15.6 Å². The first-order chi connectivity index (χ1) is 8.81. The molecule has 8 heteroatoms. The van der Waals surface area contributed by atoms with Crippen LogP contribution in [-0.4, -0.2) is 52.2 Å². The molecule has 0 unspecified atom stereocenters. The van der Waals surface area contributed by atoms with Gasteiger partial charge in [-0.1, -0.05) is 11.3 Å². The molecule has 7 nitrogen and oxygen atoms in total. The summed E-state index contributed by atoms with van der Waals surface area (Å²) >= 11 is 1.16. The van der Waals surface area contributed by atoms with Gasteiger partial charge in [0, 0.05) is 0 Å². The average Bonchev–Trinajstić information content (AvgIpc) is 2.61. The van der Waals surface area contributed by atoms with E-state index >= 15 is 0 Å². The van der Waals surface area contributed by atoms with Gasteiger partial charge in [0.25, 0.3) is 5.91 Å². The summed E-state index contributed by atoms with van der Waals surface area (Å²) in [6.45, 7) is 3.91. The Morgan fingerprint density at radius 1 is 1.58 bits per heavy atom. The Balaban J connectivity index is 1.95. The second-order valence-electron chi connectivity index (χ2n) is 4.76. The van der Waals surface area contributed by atoms with E-state index in [1.165, 1.54) is 0 Å². The minimum atomic E-state index is -1.02. The van der Waals surface area contributed by atoms with Crippen molar-refractivity contribution in [1.29, 1.82) is 0 Å². The lowest BCUT2D eigenvalue weighted by Gasteiger charge is -2.47. The number of likely N-dealkylation sites (tertiary alicyclic amines) is 1. The highest BCUT2D eigenvalue weighted by atomic mass is 32.1. The van der Waals surface area contributed by atoms with Crippen LogP contribution in [0.4, 0.5) is 5.13 Å². The zero-order chi connectivity index (χ0) is 14.2. The number of nitrogens with two attached hydrogens (primary N) is 1. The van der Waals surface area contributed by atoms with Crippen molar-refractivity contribution in [3.8, 4) is 0 Å². The fourth-order valence-electron chi connectivity index (χ4n) is 1.99. The van der Waals surface area contributed by atoms with Crippen molar-refractivity contribution in [2.75, 3.05) is 25.4 Å². The molecule has 2 heterocycles. The van der Waals surface area contributed by atoms with Gasteiger partial charge in [-0.3, -0.25) is 4.79 Å². The summed E-state index contributed by atoms with van der Waals surface area (Å²) in [5.41, 5.74) is 5.59. The molecule has 104 valence electrons. The van der Waals surface area contributed by atoms with Gasteiger partial charge in [-0.2, -0.15) is 0 Å². The predicted molar refractivity (Wildman–Crippen MR) is 69.2 cm³/mol. The molecule has 1 aromatic heterocycles. The van der Waals surface area contributed by atoms with Crippen LogP contribution in [0.25, 0.3) is 0 Å². The van der Waals surface area contributed by atoms with Gasteiger partial charge in [-0.05, 0) is 13.8 Å². The molecule has 1 aliphatic rings. The quantitative estimate of drug-likeness (QED) is 0.827. The van der Waals surface area contributed by atoms with E-state index in [-0.39, 0.29) is 12.5 Å². The molecule has 0 bridgehead atoms. The second-order valence-corrected chi connectivity index (χ2v) is 5.79. The number of aryl methyl sites for hydroxylation is 1. The summed E-state index contributed by atoms with van der Waals surface area (Å²) < 4.78 is 5.25. The molecule has 1 fully saturated rings. The van der Waals surface area contributed by atoms with E-state index in [0.29, 0.717) is 28.8 Å². The van der Waals surface area contributed by atoms with Crippen molar-refractivity contribution in [1.82, 2.24) is 9.88 Å². The monoisotopic (exact) mass is 285 g/mol. The Kier molecular flexibility index (Phi) is 3.46. The summed E-state index contributed by atoms with van der Waals surface area (Å²) in [7, 11) is 0. The molecular weight excluding hydrogens is 270 g/mol. The first kappa shape index (κ1) is 13.8. The van der Waals surface area contributed by atoms with E-state index in [9.17, 15) is 9.59 Å². The van der Waals surface area contributed by atoms with E-state index in [2.05, 4.69) is 4.98 Å². The van der Waals surface area contributed by atoms with Gasteiger partial charge in [0.15, 0.2) is 5.13 Å². The second kappa shape index (κ2) is 4.78. The number of aliphatic carboxylic acids is 1. The Morgan fingerprint density at radius 2 is 2.21 bits per heavy atom. The van der Waals surface area contributed by atoms with Crippen LogP contribution in [0.5, 0.6) is 0 Å². The minimum Gasteiger partial charge on any atom is -0.480 e. The molecular formula is C11H15N3O4S. The molecule has 1 aromatic rings. The number of thiazole rings is 1. The van der Waals surface area contributed by atoms with Crippen molar-refractivity contribution in [3.63, 3.8) is 0 Å². The van der Waals surface area contributed by atoms with Gasteiger partial charge in [-0.25, -0.2) is 9.78 Å². The first-order valence-electron chi connectivity index (χ1n) is 5.69. The number of carbonyl (C=O) groups excluding carboxylic acids is 1. The van der Waals surface area contributed by atoms with Crippen molar-refractivity contribution < 1.29 is 19.4 Å². The fraction of sp³-hybridized carbons (Fsp3) is 0.545. The Bertz CT molecular complexity index is 522. The highest BCUT2D eigenvalue weighted by Crippen LogP contribution is 2.29. The van der Waals surface area contributed by atoms with Crippen LogP contribution in [0, 0.1) is 6.92 Å². The van der Waals surface area contributed by atoms with E-state index < -0.39 is 11.6 Å². The molecule has 3 N–H and O–H groups in total. The first-order valence-corrected chi connectivity index (χ1v) is 6.50. The summed E-state index contributed by atoms with van der Waals surface area (Å²) in [5, 5.41) is 8.93. The number of anilines is 1. The number of nitrogens with zero attached hydrogens (tertiary/aromatic N) is 2. The third kappa shape index (κ3) is 2.85. The van der Waals surface area contributed by atoms with Crippen LogP contribution < -0.4 is 5.73 Å². The third-order valence-corrected chi connectivity index (χ3v) is 3.86. The Hall–Kier alpha value is -1.67. The summed E-state index contributed by atoms with van der Waals surface area (Å²) in [5.74, 6) is -1.15. The molecule has 0 aliphatic carbocycles. The Morgan fingerprint density at radius 3 is 2.68 bits per heavy atom. The standard InChI is InChI=1S/C11H15N3O4S/c1-6-8(19-10(12)13-6)9(17)14-4-11(2,5-14)18-3-7(15)16/h3-5H2,1-2H3,(H2,12,13)(H,15,16). The number of carbonyl (C=O) groups is 2. The lowest BCUT2D eigenvalue weighted by Crippen LogP contribution is -2.63. The number of carboxylic acid groups (broad SMARTS) is 1. The number of hydrogen-bond acceptors (Lipinski definition) is 6. The summed E-state index contributed by atoms with van der Waals surface area (Å²) in [6, 6.07) is 0. The number of aromatic nitrogens is 1. The predicted octanol–water partition coefficient (Wildman–Crippen LogP) is 0.349. The van der Waals surface area contributed by atoms with E-state index in [0.717, 1.165) is 11.3 Å². The van der Waals surface area contributed by atoms with Gasteiger partial charge in [0.1, 0.15) is 17.1 Å². The topological polar surface area (TPSA) is 106 Å². The number of hydrogen-bond donors (Lipinski definition) is 2. The molecule has 0 radical (unpaired) electrons. The highest BCUT2D eigenvalue weighted by Gasteiger charge is 2.43. The maximum Gasteiger partial charge on any atom is 0.329 e. The zero-order valence-corrected chi connectivity index (χ0v) is 11.5. The lowest BCUT2D eigenvalue weighted by molar-refractivity contribution is -0.159. The zero-order valence-electron chi connectivity index (χ0n) is 10.7. The van der Waals surface area contributed by atoms with Gasteiger partial charge in [0.2, 0.25) is 0 Å². The van der Waals surface area contributed by atoms with Crippen molar-refractivity contribution in [2.45, 2.75) is 19.4 Å². The number of rotatable bonds is 4. The van der Waals surface area contributed by atoms with Crippen LogP contribution in [0.1, 0.15) is 22.3 Å². The smallest absolute Gasteiger partial charge is 0.329 e. The normalized spacial score (nSPS) is 17.1. The molecule has 0 spiro atoms. The van der Waals surface area contributed by atoms with Gasteiger partial charge >= 0.3 is 5.97 Å².